The molecule has 0 radical (unpaired) electrons. The van der Waals surface area contributed by atoms with Gasteiger partial charge in [0.2, 0.25) is 5.91 Å². The zero-order chi connectivity index (χ0) is 76.7. The number of rotatable bonds is 73. The van der Waals surface area contributed by atoms with Crippen molar-refractivity contribution in [3.05, 3.63) is 24.3 Å². The van der Waals surface area contributed by atoms with Gasteiger partial charge in [0.05, 0.1) is 38.6 Å². The summed E-state index contributed by atoms with van der Waals surface area (Å²) in [5.41, 5.74) is 0. The maximum Gasteiger partial charge on any atom is 0.220 e. The minimum Gasteiger partial charge on any atom is -0.394 e. The molecular weight excluding hydrogens is 1350 g/mol. The van der Waals surface area contributed by atoms with Gasteiger partial charge in [-0.05, 0) is 32.1 Å². The molecule has 0 spiro atoms. The van der Waals surface area contributed by atoms with Crippen LogP contribution in [0.5, 0.6) is 0 Å². The Morgan fingerprint density at radius 3 is 0.943 bits per heavy atom. The number of unbranched alkanes of at least 4 members (excludes halogenated alkanes) is 55. The Labute approximate surface area is 645 Å². The Kier molecular flexibility index (Phi) is 62.9. The van der Waals surface area contributed by atoms with E-state index < -0.39 is 124 Å². The molecule has 626 valence electrons. The highest BCUT2D eigenvalue weighted by atomic mass is 16.8. The number of allylic oxidation sites excluding steroid dienone is 3. The largest absolute Gasteiger partial charge is 0.394 e. The molecule has 0 aliphatic carbocycles. The van der Waals surface area contributed by atoms with Gasteiger partial charge < -0.3 is 89.9 Å². The highest BCUT2D eigenvalue weighted by molar-refractivity contribution is 5.76. The number of amides is 1. The fourth-order valence-electron chi connectivity index (χ4n) is 15.4. The van der Waals surface area contributed by atoms with Crippen LogP contribution in [0.1, 0.15) is 393 Å². The third-order valence-electron chi connectivity index (χ3n) is 22.5. The van der Waals surface area contributed by atoms with E-state index in [1.54, 1.807) is 6.08 Å². The number of hydrogen-bond acceptors (Lipinski definition) is 18. The van der Waals surface area contributed by atoms with E-state index in [4.69, 9.17) is 28.4 Å². The second kappa shape index (κ2) is 67.7. The lowest BCUT2D eigenvalue weighted by Crippen LogP contribution is -2.66. The predicted molar refractivity (Wildman–Crippen MR) is 425 cm³/mol. The van der Waals surface area contributed by atoms with E-state index in [2.05, 4.69) is 31.3 Å². The number of aliphatic hydroxyl groups excluding tert-OH is 11. The van der Waals surface area contributed by atoms with Gasteiger partial charge >= 0.3 is 0 Å². The number of hydrogen-bond donors (Lipinski definition) is 12. The predicted octanol–water partition coefficient (Wildman–Crippen LogP) is 16.5. The molecule has 1 amide bonds. The summed E-state index contributed by atoms with van der Waals surface area (Å²) in [7, 11) is 0. The fraction of sp³-hybridized carbons (Fsp3) is 0.943. The van der Waals surface area contributed by atoms with Gasteiger partial charge in [-0.1, -0.05) is 378 Å². The van der Waals surface area contributed by atoms with Gasteiger partial charge in [0, 0.05) is 6.42 Å². The number of carbonyl (C=O) groups is 1. The Morgan fingerprint density at radius 2 is 0.604 bits per heavy atom. The Hall–Kier alpha value is -1.73. The number of carbonyl (C=O) groups excluding carboxylic acids is 1. The van der Waals surface area contributed by atoms with Crippen molar-refractivity contribution >= 4 is 5.91 Å². The lowest BCUT2D eigenvalue weighted by atomic mass is 9.96. The van der Waals surface area contributed by atoms with Crippen molar-refractivity contribution in [3.8, 4) is 0 Å². The van der Waals surface area contributed by atoms with Gasteiger partial charge in [-0.3, -0.25) is 4.79 Å². The number of ether oxygens (including phenoxy) is 6. The maximum absolute atomic E-state index is 13.5. The minimum absolute atomic E-state index is 0.241. The monoisotopic (exact) mass is 1510 g/mol. The van der Waals surface area contributed by atoms with Crippen LogP contribution in [0.15, 0.2) is 24.3 Å². The molecule has 3 heterocycles. The molecule has 106 heavy (non-hydrogen) atoms. The van der Waals surface area contributed by atoms with Crippen molar-refractivity contribution in [3.63, 3.8) is 0 Å². The van der Waals surface area contributed by atoms with Crippen LogP contribution in [-0.2, 0) is 33.2 Å². The second-order valence-electron chi connectivity index (χ2n) is 32.1. The van der Waals surface area contributed by atoms with Crippen LogP contribution in [-0.4, -0.2) is 193 Å². The molecule has 0 aromatic rings. The van der Waals surface area contributed by atoms with Gasteiger partial charge in [-0.2, -0.15) is 0 Å². The quantitative estimate of drug-likeness (QED) is 0.0199. The molecule has 0 aromatic carbocycles. The van der Waals surface area contributed by atoms with E-state index in [0.717, 1.165) is 38.5 Å². The summed E-state index contributed by atoms with van der Waals surface area (Å²) in [4.78, 5) is 13.5. The van der Waals surface area contributed by atoms with Gasteiger partial charge in [0.1, 0.15) is 73.2 Å². The van der Waals surface area contributed by atoms with Crippen molar-refractivity contribution in [2.45, 2.75) is 497 Å². The summed E-state index contributed by atoms with van der Waals surface area (Å²) in [5, 5.41) is 121. The molecule has 3 aliphatic heterocycles. The lowest BCUT2D eigenvalue weighted by Gasteiger charge is -2.48. The Morgan fingerprint density at radius 1 is 0.330 bits per heavy atom. The molecule has 0 aromatic heterocycles. The highest BCUT2D eigenvalue weighted by Crippen LogP contribution is 2.34. The molecular formula is C87H165NO18. The third-order valence-corrected chi connectivity index (χ3v) is 22.5. The zero-order valence-corrected chi connectivity index (χ0v) is 67.4. The van der Waals surface area contributed by atoms with Crippen molar-refractivity contribution in [2.75, 3.05) is 26.4 Å². The smallest absolute Gasteiger partial charge is 0.220 e. The molecule has 3 saturated heterocycles. The van der Waals surface area contributed by atoms with Gasteiger partial charge in [0.25, 0.3) is 0 Å². The van der Waals surface area contributed by atoms with E-state index in [1.165, 1.54) is 321 Å². The molecule has 19 heteroatoms. The number of nitrogens with one attached hydrogen (secondary N) is 1. The summed E-state index contributed by atoms with van der Waals surface area (Å²) in [6, 6.07) is -0.989. The van der Waals surface area contributed by atoms with Crippen LogP contribution >= 0.6 is 0 Å². The van der Waals surface area contributed by atoms with Gasteiger partial charge in [0.15, 0.2) is 18.9 Å². The molecule has 0 bridgehead atoms. The normalized spacial score (nSPS) is 25.7. The highest BCUT2D eigenvalue weighted by Gasteiger charge is 2.54. The van der Waals surface area contributed by atoms with E-state index in [-0.39, 0.29) is 18.9 Å². The van der Waals surface area contributed by atoms with Crippen molar-refractivity contribution in [1.29, 1.82) is 0 Å². The van der Waals surface area contributed by atoms with Crippen LogP contribution in [0.25, 0.3) is 0 Å². The van der Waals surface area contributed by atoms with E-state index >= 15 is 0 Å². The van der Waals surface area contributed by atoms with Crippen LogP contribution in [0, 0.1) is 0 Å². The Bertz CT molecular complexity index is 2000. The molecule has 17 atom stereocenters. The van der Waals surface area contributed by atoms with E-state index in [1.807, 2.05) is 6.08 Å². The first-order chi connectivity index (χ1) is 51.8. The molecule has 3 fully saturated rings. The first-order valence-corrected chi connectivity index (χ1v) is 44.6. The van der Waals surface area contributed by atoms with Crippen LogP contribution in [0.4, 0.5) is 0 Å². The average Bonchev–Trinajstić information content (AvgIpc) is 0.781. The van der Waals surface area contributed by atoms with Crippen LogP contribution in [0.3, 0.4) is 0 Å². The van der Waals surface area contributed by atoms with Crippen LogP contribution in [0.2, 0.25) is 0 Å². The topological polar surface area (TPSA) is 307 Å². The summed E-state index contributed by atoms with van der Waals surface area (Å²) < 4.78 is 34.5. The van der Waals surface area contributed by atoms with E-state index in [0.29, 0.717) is 12.8 Å². The maximum atomic E-state index is 13.5. The summed E-state index contributed by atoms with van der Waals surface area (Å²) >= 11 is 0. The molecule has 17 unspecified atom stereocenters. The standard InChI is InChI=1S/C87H165NO18/c1-3-5-7-9-11-13-15-17-19-21-23-25-27-28-29-30-31-32-33-34-35-36-37-38-39-40-41-43-45-47-49-51-53-55-57-59-61-63-65-75(93)88-70(71(92)64-62-60-58-56-54-52-50-48-46-44-42-26-24-22-20-18-16-14-12-10-8-6-4-2)69-101-85-81(99)78(96)83(73(67-90)103-85)106-87-82(100)79(97)84(74(68-91)104-87)105-86-80(98)77(95)76(94)72(66-89)102-86/h54,56,62,64,70-74,76-87,89-92,94-100H,3-53,55,57-61,63,65-69H2,1-2H3,(H,88,93)/b56-54+,64-62+. The van der Waals surface area contributed by atoms with Gasteiger partial charge in [-0.25, -0.2) is 0 Å². The van der Waals surface area contributed by atoms with Crippen molar-refractivity contribution in [1.82, 2.24) is 5.32 Å². The first kappa shape index (κ1) is 98.5. The zero-order valence-electron chi connectivity index (χ0n) is 67.4. The molecule has 12 N–H and O–H groups in total. The number of aliphatic hydroxyl groups is 11. The summed E-state index contributed by atoms with van der Waals surface area (Å²) in [5.74, 6) is -0.276. The van der Waals surface area contributed by atoms with E-state index in [9.17, 15) is 61.0 Å². The summed E-state index contributed by atoms with van der Waals surface area (Å²) in [6.45, 7) is 1.79. The minimum atomic E-state index is -1.98. The SMILES string of the molecule is CCCCCCCCCCCCCCCCCCC/C=C/CC/C=C/C(O)C(COC1OC(CO)C(OC2OC(CO)C(OC3OC(CO)C(O)C(O)C3O)C(O)C2O)C(O)C1O)NC(=O)CCCCCCCCCCCCCCCCCCCCCCCCCCCCCCCCCCCCCCCC. The molecule has 19 nitrogen and oxygen atoms in total. The summed E-state index contributed by atoms with van der Waals surface area (Å²) in [6.07, 6.45) is 57.8. The van der Waals surface area contributed by atoms with Crippen LogP contribution < -0.4 is 5.32 Å². The lowest BCUT2D eigenvalue weighted by molar-refractivity contribution is -0.379. The van der Waals surface area contributed by atoms with Gasteiger partial charge in [-0.15, -0.1) is 0 Å². The van der Waals surface area contributed by atoms with Crippen molar-refractivity contribution < 1.29 is 89.4 Å². The Balaban J connectivity index is 1.31. The fourth-order valence-corrected chi connectivity index (χ4v) is 15.4. The first-order valence-electron chi connectivity index (χ1n) is 44.6. The third kappa shape index (κ3) is 46.4. The molecule has 0 saturated carbocycles. The average molecular weight is 1510 g/mol. The van der Waals surface area contributed by atoms with Crippen molar-refractivity contribution in [2.24, 2.45) is 0 Å². The second-order valence-corrected chi connectivity index (χ2v) is 32.1. The molecule has 3 aliphatic rings. The molecule has 3 rings (SSSR count).